The summed E-state index contributed by atoms with van der Waals surface area (Å²) in [5.41, 5.74) is 17.8. The largest absolute Gasteiger partial charge is 0.488 e. The van der Waals surface area contributed by atoms with Gasteiger partial charge in [-0.2, -0.15) is 0 Å². The number of rotatable bonds is 4. The first-order valence-corrected chi connectivity index (χ1v) is 10.9. The summed E-state index contributed by atoms with van der Waals surface area (Å²) < 4.78 is 6.53. The molecule has 0 spiro atoms. The normalized spacial score (nSPS) is 25.1. The molecule has 0 atom stereocenters. The summed E-state index contributed by atoms with van der Waals surface area (Å²) in [7, 11) is 0. The van der Waals surface area contributed by atoms with Gasteiger partial charge in [-0.3, -0.25) is 0 Å². The Balaban J connectivity index is 1.57. The number of nitrogens with one attached hydrogen (secondary N) is 1. The molecule has 0 radical (unpaired) electrons. The zero-order valence-electron chi connectivity index (χ0n) is 17.4. The second-order valence-electron chi connectivity index (χ2n) is 9.58. The standard InChI is InChI=1S/C23H31N5O/c1-23(2)11-17-16(21-19(23)22(25)27-12-26-21)9-10-18(20(17)28-14-5-6-14)29-15-7-3-13(24)4-8-15/h9-10,12-15,28H,3-8,11,24H2,1-2H3,(H2,25,26,27)/t13-,15-. The molecule has 0 unspecified atom stereocenters. The third-order valence-electron chi connectivity index (χ3n) is 6.64. The van der Waals surface area contributed by atoms with E-state index in [9.17, 15) is 0 Å². The monoisotopic (exact) mass is 393 g/mol. The fourth-order valence-corrected chi connectivity index (χ4v) is 4.91. The first-order chi connectivity index (χ1) is 13.9. The van der Waals surface area contributed by atoms with Gasteiger partial charge in [0.05, 0.1) is 17.5 Å². The number of hydrogen-bond acceptors (Lipinski definition) is 6. The molecule has 1 aromatic carbocycles. The summed E-state index contributed by atoms with van der Waals surface area (Å²) in [6.45, 7) is 4.46. The number of anilines is 2. The van der Waals surface area contributed by atoms with E-state index >= 15 is 0 Å². The van der Waals surface area contributed by atoms with Crippen molar-refractivity contribution in [3.8, 4) is 17.0 Å². The summed E-state index contributed by atoms with van der Waals surface area (Å²) in [5, 5.41) is 3.77. The molecule has 3 aliphatic rings. The number of nitrogens with zero attached hydrogens (tertiary/aromatic N) is 2. The van der Waals surface area contributed by atoms with E-state index in [0.717, 1.165) is 60.4 Å². The Morgan fingerprint density at radius 1 is 1.07 bits per heavy atom. The molecule has 1 aromatic heterocycles. The lowest BCUT2D eigenvalue weighted by Crippen LogP contribution is -2.32. The average Bonchev–Trinajstić information content (AvgIpc) is 3.49. The lowest BCUT2D eigenvalue weighted by Gasteiger charge is -2.36. The minimum atomic E-state index is -0.135. The van der Waals surface area contributed by atoms with Crippen LogP contribution in [0, 0.1) is 0 Å². The predicted molar refractivity (Wildman–Crippen MR) is 116 cm³/mol. The second kappa shape index (κ2) is 6.87. The summed E-state index contributed by atoms with van der Waals surface area (Å²) in [5.74, 6) is 1.55. The highest BCUT2D eigenvalue weighted by Gasteiger charge is 2.37. The molecule has 0 saturated heterocycles. The lowest BCUT2D eigenvalue weighted by molar-refractivity contribution is 0.148. The van der Waals surface area contributed by atoms with E-state index in [-0.39, 0.29) is 11.5 Å². The molecular formula is C23H31N5O. The van der Waals surface area contributed by atoms with Gasteiger partial charge in [-0.15, -0.1) is 0 Å². The molecule has 0 amide bonds. The Kier molecular flexibility index (Phi) is 4.42. The van der Waals surface area contributed by atoms with Gasteiger partial charge in [0, 0.05) is 23.2 Å². The van der Waals surface area contributed by atoms with Crippen molar-refractivity contribution < 1.29 is 4.74 Å². The Labute approximate surface area is 172 Å². The van der Waals surface area contributed by atoms with Crippen LogP contribution in [0.2, 0.25) is 0 Å². The molecule has 2 aromatic rings. The van der Waals surface area contributed by atoms with E-state index in [0.29, 0.717) is 17.9 Å². The highest BCUT2D eigenvalue weighted by molar-refractivity contribution is 5.82. The minimum absolute atomic E-state index is 0.135. The number of benzene rings is 1. The molecule has 6 heteroatoms. The van der Waals surface area contributed by atoms with Gasteiger partial charge in [0.2, 0.25) is 0 Å². The first kappa shape index (κ1) is 18.7. The van der Waals surface area contributed by atoms with Crippen LogP contribution in [0.5, 0.6) is 5.75 Å². The van der Waals surface area contributed by atoms with Crippen LogP contribution in [-0.2, 0) is 11.8 Å². The van der Waals surface area contributed by atoms with Gasteiger partial charge < -0.3 is 21.5 Å². The van der Waals surface area contributed by atoms with Gasteiger partial charge >= 0.3 is 0 Å². The molecule has 1 heterocycles. The fraction of sp³-hybridized carbons (Fsp3) is 0.565. The van der Waals surface area contributed by atoms with Crippen LogP contribution in [0.15, 0.2) is 18.5 Å². The van der Waals surface area contributed by atoms with Crippen molar-refractivity contribution in [3.05, 3.63) is 29.6 Å². The number of aromatic nitrogens is 2. The number of nitrogen functional groups attached to an aromatic ring is 1. The van der Waals surface area contributed by atoms with Crippen molar-refractivity contribution in [2.45, 2.75) is 82.4 Å². The minimum Gasteiger partial charge on any atom is -0.488 e. The summed E-state index contributed by atoms with van der Waals surface area (Å²) >= 11 is 0. The molecule has 0 bridgehead atoms. The number of nitrogens with two attached hydrogens (primary N) is 2. The maximum absolute atomic E-state index is 6.53. The Morgan fingerprint density at radius 3 is 2.55 bits per heavy atom. The van der Waals surface area contributed by atoms with E-state index in [4.69, 9.17) is 16.2 Å². The molecule has 0 aliphatic heterocycles. The van der Waals surface area contributed by atoms with Gasteiger partial charge in [0.25, 0.3) is 0 Å². The van der Waals surface area contributed by atoms with E-state index in [1.807, 2.05) is 0 Å². The van der Waals surface area contributed by atoms with Crippen LogP contribution in [0.1, 0.15) is 63.5 Å². The molecule has 6 nitrogen and oxygen atoms in total. The molecule has 29 heavy (non-hydrogen) atoms. The number of fused-ring (bicyclic) bond motifs is 3. The maximum Gasteiger partial charge on any atom is 0.143 e. The van der Waals surface area contributed by atoms with Crippen molar-refractivity contribution in [2.75, 3.05) is 11.1 Å². The van der Waals surface area contributed by atoms with Crippen molar-refractivity contribution >= 4 is 11.5 Å². The fourth-order valence-electron chi connectivity index (χ4n) is 4.91. The molecule has 5 N–H and O–H groups in total. The van der Waals surface area contributed by atoms with Crippen LogP contribution >= 0.6 is 0 Å². The van der Waals surface area contributed by atoms with Crippen molar-refractivity contribution in [1.29, 1.82) is 0 Å². The maximum atomic E-state index is 6.53. The Bertz CT molecular complexity index is 929. The van der Waals surface area contributed by atoms with Gasteiger partial charge in [0.1, 0.15) is 17.9 Å². The Hall–Kier alpha value is -2.34. The molecule has 2 saturated carbocycles. The summed E-state index contributed by atoms with van der Waals surface area (Å²) in [6, 6.07) is 5.13. The molecule has 5 rings (SSSR count). The van der Waals surface area contributed by atoms with Crippen molar-refractivity contribution in [1.82, 2.24) is 9.97 Å². The highest BCUT2D eigenvalue weighted by Crippen LogP contribution is 2.49. The van der Waals surface area contributed by atoms with Crippen LogP contribution in [-0.4, -0.2) is 28.2 Å². The zero-order valence-corrected chi connectivity index (χ0v) is 17.4. The van der Waals surface area contributed by atoms with Crippen molar-refractivity contribution in [3.63, 3.8) is 0 Å². The van der Waals surface area contributed by atoms with E-state index < -0.39 is 0 Å². The average molecular weight is 394 g/mol. The molecule has 154 valence electrons. The van der Waals surface area contributed by atoms with Gasteiger partial charge in [0.15, 0.2) is 0 Å². The number of ether oxygens (including phenoxy) is 1. The Morgan fingerprint density at radius 2 is 1.83 bits per heavy atom. The van der Waals surface area contributed by atoms with Crippen LogP contribution in [0.25, 0.3) is 11.3 Å². The first-order valence-electron chi connectivity index (χ1n) is 10.9. The third-order valence-corrected chi connectivity index (χ3v) is 6.64. The molecule has 3 aliphatic carbocycles. The van der Waals surface area contributed by atoms with Gasteiger partial charge in [-0.05, 0) is 68.1 Å². The van der Waals surface area contributed by atoms with Crippen LogP contribution < -0.4 is 21.5 Å². The van der Waals surface area contributed by atoms with Gasteiger partial charge in [-0.25, -0.2) is 9.97 Å². The molecular weight excluding hydrogens is 362 g/mol. The second-order valence-corrected chi connectivity index (χ2v) is 9.58. The number of hydrogen-bond donors (Lipinski definition) is 3. The summed E-state index contributed by atoms with van der Waals surface area (Å²) in [6.07, 6.45) is 9.27. The topological polar surface area (TPSA) is 99.1 Å². The van der Waals surface area contributed by atoms with E-state index in [1.54, 1.807) is 6.33 Å². The van der Waals surface area contributed by atoms with E-state index in [2.05, 4.69) is 41.3 Å². The zero-order chi connectivity index (χ0) is 20.2. The smallest absolute Gasteiger partial charge is 0.143 e. The highest BCUT2D eigenvalue weighted by atomic mass is 16.5. The third kappa shape index (κ3) is 3.44. The predicted octanol–water partition coefficient (Wildman–Crippen LogP) is 3.78. The van der Waals surface area contributed by atoms with Crippen LogP contribution in [0.4, 0.5) is 11.5 Å². The van der Waals surface area contributed by atoms with Crippen molar-refractivity contribution in [2.24, 2.45) is 5.73 Å². The van der Waals surface area contributed by atoms with Gasteiger partial charge in [-0.1, -0.05) is 13.8 Å². The summed E-state index contributed by atoms with van der Waals surface area (Å²) in [4.78, 5) is 8.89. The lowest BCUT2D eigenvalue weighted by atomic mass is 9.71. The van der Waals surface area contributed by atoms with Crippen LogP contribution in [0.3, 0.4) is 0 Å². The van der Waals surface area contributed by atoms with E-state index in [1.165, 1.54) is 18.4 Å². The molecule has 2 fully saturated rings. The SMILES string of the molecule is CC1(C)Cc2c(ccc(O[C@H]3CC[C@H](N)CC3)c2NC2CC2)-c2ncnc(N)c21. The quantitative estimate of drug-likeness (QED) is 0.731.